The number of methoxy groups -OCH3 is 1. The molecule has 0 bridgehead atoms. The van der Waals surface area contributed by atoms with E-state index in [1.807, 2.05) is 5.32 Å². The van der Waals surface area contributed by atoms with Crippen LogP contribution in [0.1, 0.15) is 72.1 Å². The highest BCUT2D eigenvalue weighted by Gasteiger charge is 2.49. The lowest BCUT2D eigenvalue weighted by Crippen LogP contribution is -2.55. The minimum Gasteiger partial charge on any atom is -0.481 e. The summed E-state index contributed by atoms with van der Waals surface area (Å²) < 4.78 is 38.7. The lowest BCUT2D eigenvalue weighted by Gasteiger charge is -2.27. The predicted octanol–water partition coefficient (Wildman–Crippen LogP) is -2.30. The number of aliphatic carboxylic acids is 3. The number of halogens is 1. The van der Waals surface area contributed by atoms with Crippen molar-refractivity contribution in [3.63, 3.8) is 0 Å². The van der Waals surface area contributed by atoms with Gasteiger partial charge in [0.15, 0.2) is 23.5 Å². The minimum absolute atomic E-state index is 0.0814. The average molecular weight is 953 g/mol. The summed E-state index contributed by atoms with van der Waals surface area (Å²) in [4.78, 5) is 127. The second-order valence-corrected chi connectivity index (χ2v) is 15.7. The molecule has 1 fully saturated rings. The molecule has 0 aromatic carbocycles. The van der Waals surface area contributed by atoms with E-state index in [9.17, 15) is 77.9 Å². The number of Topliss-reactive ketones (excluding diaryl/α,β-unsaturated/α-hetero) is 3. The first-order valence-electron chi connectivity index (χ1n) is 21.4. The van der Waals surface area contributed by atoms with Crippen LogP contribution in [-0.4, -0.2) is 194 Å². The molecular weight excluding hydrogens is 887 g/mol. The summed E-state index contributed by atoms with van der Waals surface area (Å²) in [6.07, 6.45) is -12.9. The number of ketones is 3. The van der Waals surface area contributed by atoms with E-state index in [0.29, 0.717) is 26.4 Å². The summed E-state index contributed by atoms with van der Waals surface area (Å²) in [6.45, 7) is 5.91. The van der Waals surface area contributed by atoms with Gasteiger partial charge in [-0.25, -0.2) is 0 Å². The molecule has 1 aliphatic rings. The van der Waals surface area contributed by atoms with Gasteiger partial charge in [0.25, 0.3) is 5.91 Å². The van der Waals surface area contributed by atoms with Gasteiger partial charge in [-0.1, -0.05) is 20.8 Å². The van der Waals surface area contributed by atoms with Crippen molar-refractivity contribution in [2.24, 2.45) is 17.8 Å². The predicted molar refractivity (Wildman–Crippen MR) is 222 cm³/mol. The van der Waals surface area contributed by atoms with Crippen molar-refractivity contribution < 1.29 is 102 Å². The van der Waals surface area contributed by atoms with Crippen LogP contribution in [0.25, 0.3) is 0 Å². The Morgan fingerprint density at radius 1 is 0.606 bits per heavy atom. The van der Waals surface area contributed by atoms with Crippen molar-refractivity contribution in [1.82, 2.24) is 21.3 Å². The standard InChI is InChI=1S/C41H65FN4O20/c1-22(2)24(39(59)45-26(20-32(52)53)29(48)18-23(3)38(58)43-10-11-63-14-15-65-17-16-64-13-12-62-4)19-30(49)25(7-8-31(50)51)44-40(60)27(21-33(54)55)46-41(61)37-35(57)34(56)36(66-37)28(47)6-5-9-42/h22-27,34-37,56-57H,5-21H2,1-4H3,(H,43,58)(H,44,60)(H,45,59)(H,46,61)(H,50,51)(H,52,53)(H,54,55)/t23-,24-,25-,26-,27-,34?,35?,36?,37?/m0/s1. The number of carboxylic acid groups (broad SMARTS) is 3. The third-order valence-corrected chi connectivity index (χ3v) is 10.1. The number of hydrogen-bond acceptors (Lipinski definition) is 17. The van der Waals surface area contributed by atoms with Crippen LogP contribution < -0.4 is 21.3 Å². The number of amides is 4. The second-order valence-electron chi connectivity index (χ2n) is 15.7. The summed E-state index contributed by atoms with van der Waals surface area (Å²) in [5.41, 5.74) is 0. The smallest absolute Gasteiger partial charge is 0.305 e. The summed E-state index contributed by atoms with van der Waals surface area (Å²) >= 11 is 0. The number of hydrogen-bond donors (Lipinski definition) is 9. The Labute approximate surface area is 380 Å². The number of nitrogens with one attached hydrogen (secondary N) is 4. The highest BCUT2D eigenvalue weighted by Crippen LogP contribution is 2.24. The molecule has 1 saturated heterocycles. The molecule has 1 heterocycles. The Kier molecular flexibility index (Phi) is 28.4. The second kappa shape index (κ2) is 31.8. The van der Waals surface area contributed by atoms with Gasteiger partial charge < -0.3 is 70.5 Å². The van der Waals surface area contributed by atoms with Gasteiger partial charge in [-0.05, 0) is 18.8 Å². The first-order valence-corrected chi connectivity index (χ1v) is 21.4. The summed E-state index contributed by atoms with van der Waals surface area (Å²) in [6, 6.07) is -5.37. The van der Waals surface area contributed by atoms with Crippen molar-refractivity contribution in [1.29, 1.82) is 0 Å². The SMILES string of the molecule is COCCOCCOCCOCCNC(=O)[C@@H](C)CC(=O)[C@H](CC(=O)O)NC(=O)[C@@H](CC(=O)[C@H](CCC(=O)O)NC(=O)[C@H](CC(=O)O)NC(=O)C1OC(C(=O)CCCF)C(O)C1O)C(C)C. The Morgan fingerprint density at radius 3 is 1.68 bits per heavy atom. The van der Waals surface area contributed by atoms with Gasteiger partial charge in [-0.2, -0.15) is 0 Å². The molecule has 25 heteroatoms. The Hall–Kier alpha value is -5.05. The van der Waals surface area contributed by atoms with Gasteiger partial charge in [0.2, 0.25) is 17.7 Å². The van der Waals surface area contributed by atoms with Crippen LogP contribution in [0.2, 0.25) is 0 Å². The van der Waals surface area contributed by atoms with E-state index in [1.54, 1.807) is 7.11 Å². The molecular formula is C41H65FN4O20. The Balaban J connectivity index is 3.00. The maximum absolute atomic E-state index is 13.7. The van der Waals surface area contributed by atoms with Crippen LogP contribution in [0.3, 0.4) is 0 Å². The van der Waals surface area contributed by atoms with Gasteiger partial charge in [-0.3, -0.25) is 52.3 Å². The third-order valence-electron chi connectivity index (χ3n) is 10.1. The molecule has 0 saturated carbocycles. The topological polar surface area (TPSA) is 366 Å². The normalized spacial score (nSPS) is 19.2. The fourth-order valence-corrected chi connectivity index (χ4v) is 6.37. The van der Waals surface area contributed by atoms with Crippen LogP contribution >= 0.6 is 0 Å². The average Bonchev–Trinajstić information content (AvgIpc) is 3.55. The first-order chi connectivity index (χ1) is 31.1. The van der Waals surface area contributed by atoms with Crippen LogP contribution in [0, 0.1) is 17.8 Å². The number of carbonyl (C=O) groups excluding carboxylic acids is 7. The summed E-state index contributed by atoms with van der Waals surface area (Å²) in [5.74, 6) is -14.3. The fraction of sp³-hybridized carbons (Fsp3) is 0.756. The van der Waals surface area contributed by atoms with Crippen molar-refractivity contribution in [2.75, 3.05) is 66.6 Å². The van der Waals surface area contributed by atoms with Crippen molar-refractivity contribution in [3.05, 3.63) is 0 Å². The molecule has 24 nitrogen and oxygen atoms in total. The largest absolute Gasteiger partial charge is 0.481 e. The number of aliphatic hydroxyl groups excluding tert-OH is 2. The van der Waals surface area contributed by atoms with Crippen molar-refractivity contribution in [2.45, 2.75) is 115 Å². The highest BCUT2D eigenvalue weighted by atomic mass is 19.1. The fourth-order valence-electron chi connectivity index (χ4n) is 6.37. The lowest BCUT2D eigenvalue weighted by molar-refractivity contribution is -0.145. The van der Waals surface area contributed by atoms with E-state index in [4.69, 9.17) is 23.7 Å². The number of carbonyl (C=O) groups is 10. The monoisotopic (exact) mass is 952 g/mol. The zero-order chi connectivity index (χ0) is 49.9. The van der Waals surface area contributed by atoms with E-state index >= 15 is 0 Å². The molecule has 0 aliphatic carbocycles. The summed E-state index contributed by atoms with van der Waals surface area (Å²) in [7, 11) is 1.56. The van der Waals surface area contributed by atoms with Crippen molar-refractivity contribution >= 4 is 58.9 Å². The lowest BCUT2D eigenvalue weighted by atomic mass is 9.86. The van der Waals surface area contributed by atoms with Gasteiger partial charge in [0.1, 0.15) is 24.4 Å². The molecule has 0 aromatic rings. The van der Waals surface area contributed by atoms with E-state index in [0.717, 1.165) is 0 Å². The molecule has 1 aliphatic heterocycles. The van der Waals surface area contributed by atoms with E-state index in [2.05, 4.69) is 16.0 Å². The molecule has 376 valence electrons. The summed E-state index contributed by atoms with van der Waals surface area (Å²) in [5, 5.41) is 58.2. The maximum atomic E-state index is 13.7. The molecule has 0 radical (unpaired) electrons. The third kappa shape index (κ3) is 22.4. The molecule has 1 rings (SSSR count). The zero-order valence-electron chi connectivity index (χ0n) is 37.5. The maximum Gasteiger partial charge on any atom is 0.305 e. The first kappa shape index (κ1) is 59.0. The van der Waals surface area contributed by atoms with Gasteiger partial charge in [0, 0.05) is 51.2 Å². The van der Waals surface area contributed by atoms with Crippen LogP contribution in [0.15, 0.2) is 0 Å². The molecule has 9 N–H and O–H groups in total. The molecule has 9 atom stereocenters. The van der Waals surface area contributed by atoms with E-state index in [-0.39, 0.29) is 32.8 Å². The number of ether oxygens (including phenoxy) is 5. The van der Waals surface area contributed by atoms with Crippen LogP contribution in [-0.2, 0) is 71.6 Å². The number of carboxylic acids is 3. The molecule has 4 amide bonds. The molecule has 0 aromatic heterocycles. The minimum atomic E-state index is -2.04. The number of rotatable bonds is 37. The number of aliphatic hydroxyl groups is 2. The molecule has 0 spiro atoms. The molecule has 4 unspecified atom stereocenters. The van der Waals surface area contributed by atoms with E-state index < -0.39 is 171 Å². The van der Waals surface area contributed by atoms with Crippen molar-refractivity contribution in [3.8, 4) is 0 Å². The highest BCUT2D eigenvalue weighted by molar-refractivity contribution is 5.98. The van der Waals surface area contributed by atoms with Gasteiger partial charge in [-0.15, -0.1) is 0 Å². The van der Waals surface area contributed by atoms with Gasteiger partial charge >= 0.3 is 17.9 Å². The van der Waals surface area contributed by atoms with Gasteiger partial charge in [0.05, 0.1) is 77.8 Å². The number of alkyl halides is 1. The van der Waals surface area contributed by atoms with Crippen LogP contribution in [0.5, 0.6) is 0 Å². The molecule has 66 heavy (non-hydrogen) atoms. The Bertz CT molecular complexity index is 1630. The van der Waals surface area contributed by atoms with E-state index in [1.165, 1.54) is 20.8 Å². The van der Waals surface area contributed by atoms with Crippen LogP contribution in [0.4, 0.5) is 4.39 Å². The Morgan fingerprint density at radius 2 is 1.14 bits per heavy atom. The quantitative estimate of drug-likeness (QED) is 0.0296. The zero-order valence-corrected chi connectivity index (χ0v) is 37.5.